The maximum Gasteiger partial charge on any atom is 0.258 e. The third-order valence-corrected chi connectivity index (χ3v) is 4.08. The second-order valence-electron chi connectivity index (χ2n) is 5.58. The number of rotatable bonds is 3. The first-order chi connectivity index (χ1) is 11.1. The summed E-state index contributed by atoms with van der Waals surface area (Å²) in [5, 5.41) is 2.28. The molecule has 0 spiro atoms. The molecule has 0 N–H and O–H groups in total. The van der Waals surface area contributed by atoms with E-state index < -0.39 is 0 Å². The molecular weight excluding hydrogens is 286 g/mol. The van der Waals surface area contributed by atoms with Crippen LogP contribution in [-0.4, -0.2) is 20.1 Å². The molecule has 3 heteroatoms. The lowest BCUT2D eigenvalue weighted by Gasteiger charge is -2.18. The van der Waals surface area contributed by atoms with Gasteiger partial charge in [0.05, 0.1) is 7.11 Å². The maximum atomic E-state index is 12.7. The van der Waals surface area contributed by atoms with Gasteiger partial charge >= 0.3 is 0 Å². The maximum absolute atomic E-state index is 12.7. The average Bonchev–Trinajstić information content (AvgIpc) is 2.60. The lowest BCUT2D eigenvalue weighted by Crippen LogP contribution is -2.26. The van der Waals surface area contributed by atoms with Crippen molar-refractivity contribution in [1.82, 2.24) is 0 Å². The van der Waals surface area contributed by atoms with Gasteiger partial charge in [-0.3, -0.25) is 4.79 Å². The van der Waals surface area contributed by atoms with Crippen molar-refractivity contribution in [2.24, 2.45) is 0 Å². The van der Waals surface area contributed by atoms with E-state index in [4.69, 9.17) is 4.74 Å². The summed E-state index contributed by atoms with van der Waals surface area (Å²) in [4.78, 5) is 14.4. The second kappa shape index (κ2) is 6.13. The highest BCUT2D eigenvalue weighted by Gasteiger charge is 2.15. The van der Waals surface area contributed by atoms with E-state index in [0.29, 0.717) is 5.56 Å². The molecule has 0 bridgehead atoms. The van der Waals surface area contributed by atoms with Crippen LogP contribution in [0.1, 0.15) is 15.9 Å². The summed E-state index contributed by atoms with van der Waals surface area (Å²) in [5.41, 5.74) is 2.49. The third-order valence-electron chi connectivity index (χ3n) is 4.08. The Morgan fingerprint density at radius 1 is 0.957 bits per heavy atom. The first-order valence-corrected chi connectivity index (χ1v) is 7.51. The second-order valence-corrected chi connectivity index (χ2v) is 5.58. The van der Waals surface area contributed by atoms with Gasteiger partial charge in [-0.1, -0.05) is 36.4 Å². The summed E-state index contributed by atoms with van der Waals surface area (Å²) in [6.07, 6.45) is 0. The number of aryl methyl sites for hydroxylation is 1. The van der Waals surface area contributed by atoms with Crippen LogP contribution in [0.5, 0.6) is 5.75 Å². The van der Waals surface area contributed by atoms with E-state index in [1.165, 1.54) is 0 Å². The van der Waals surface area contributed by atoms with Crippen molar-refractivity contribution in [3.8, 4) is 5.75 Å². The Balaban J connectivity index is 1.94. The number of benzene rings is 3. The van der Waals surface area contributed by atoms with Crippen LogP contribution >= 0.6 is 0 Å². The summed E-state index contributed by atoms with van der Waals surface area (Å²) in [7, 11) is 3.41. The van der Waals surface area contributed by atoms with Crippen LogP contribution in [-0.2, 0) is 0 Å². The number of fused-ring (bicyclic) bond motifs is 1. The van der Waals surface area contributed by atoms with E-state index >= 15 is 0 Å². The molecule has 3 aromatic rings. The van der Waals surface area contributed by atoms with Crippen molar-refractivity contribution in [2.75, 3.05) is 19.1 Å². The topological polar surface area (TPSA) is 29.5 Å². The predicted octanol–water partition coefficient (Wildman–Crippen LogP) is 4.43. The van der Waals surface area contributed by atoms with Crippen LogP contribution in [0.2, 0.25) is 0 Å². The number of carbonyl (C=O) groups is 1. The molecule has 0 aliphatic carbocycles. The Morgan fingerprint density at radius 3 is 2.43 bits per heavy atom. The Hall–Kier alpha value is -2.81. The highest BCUT2D eigenvalue weighted by atomic mass is 16.5. The summed E-state index contributed by atoms with van der Waals surface area (Å²) < 4.78 is 5.31. The predicted molar refractivity (Wildman–Crippen MR) is 94.4 cm³/mol. The van der Waals surface area contributed by atoms with Gasteiger partial charge in [0.15, 0.2) is 0 Å². The van der Waals surface area contributed by atoms with Gasteiger partial charge in [0, 0.05) is 18.3 Å². The molecule has 0 saturated carbocycles. The van der Waals surface area contributed by atoms with Crippen LogP contribution in [0.15, 0.2) is 60.7 Å². The zero-order valence-electron chi connectivity index (χ0n) is 13.5. The lowest BCUT2D eigenvalue weighted by molar-refractivity contribution is 0.0992. The minimum atomic E-state index is -0.0569. The molecule has 1 amide bonds. The van der Waals surface area contributed by atoms with Crippen molar-refractivity contribution in [3.05, 3.63) is 71.8 Å². The fraction of sp³-hybridized carbons (Fsp3) is 0.150. The molecule has 3 rings (SSSR count). The third kappa shape index (κ3) is 2.90. The number of methoxy groups -OCH3 is 1. The molecule has 0 aliphatic rings. The molecular formula is C20H19NO2. The number of ether oxygens (including phenoxy) is 1. The number of amides is 1. The van der Waals surface area contributed by atoms with Gasteiger partial charge < -0.3 is 9.64 Å². The molecule has 0 saturated heterocycles. The van der Waals surface area contributed by atoms with E-state index in [1.807, 2.05) is 55.5 Å². The Kier molecular flexibility index (Phi) is 4.02. The van der Waals surface area contributed by atoms with E-state index in [0.717, 1.165) is 27.8 Å². The van der Waals surface area contributed by atoms with Crippen LogP contribution in [0.4, 0.5) is 5.69 Å². The summed E-state index contributed by atoms with van der Waals surface area (Å²) in [6.45, 7) is 1.96. The van der Waals surface area contributed by atoms with Gasteiger partial charge in [0.1, 0.15) is 5.75 Å². The van der Waals surface area contributed by atoms with Gasteiger partial charge in [0.2, 0.25) is 0 Å². The molecule has 0 fully saturated rings. The quantitative estimate of drug-likeness (QED) is 0.716. The van der Waals surface area contributed by atoms with Gasteiger partial charge in [-0.25, -0.2) is 0 Å². The molecule has 0 aliphatic heterocycles. The normalized spacial score (nSPS) is 10.6. The van der Waals surface area contributed by atoms with Crippen LogP contribution in [0.3, 0.4) is 0 Å². The molecule has 3 aromatic carbocycles. The van der Waals surface area contributed by atoms with Crippen molar-refractivity contribution >= 4 is 22.4 Å². The zero-order valence-corrected chi connectivity index (χ0v) is 13.5. The minimum Gasteiger partial charge on any atom is -0.496 e. The van der Waals surface area contributed by atoms with E-state index in [9.17, 15) is 4.79 Å². The SMILES string of the molecule is COc1cc(C(=O)N(C)c2ccc3ccccc3c2)ccc1C. The van der Waals surface area contributed by atoms with Gasteiger partial charge in [-0.15, -0.1) is 0 Å². The number of hydrogen-bond donors (Lipinski definition) is 0. The Bertz CT molecular complexity index is 870. The van der Waals surface area contributed by atoms with Gasteiger partial charge in [0.25, 0.3) is 5.91 Å². The van der Waals surface area contributed by atoms with Crippen molar-refractivity contribution in [2.45, 2.75) is 6.92 Å². The zero-order chi connectivity index (χ0) is 16.4. The van der Waals surface area contributed by atoms with Gasteiger partial charge in [-0.2, -0.15) is 0 Å². The molecule has 0 heterocycles. The highest BCUT2D eigenvalue weighted by molar-refractivity contribution is 6.06. The van der Waals surface area contributed by atoms with Gasteiger partial charge in [-0.05, 0) is 47.5 Å². The van der Waals surface area contributed by atoms with Crippen LogP contribution < -0.4 is 9.64 Å². The largest absolute Gasteiger partial charge is 0.496 e. The molecule has 0 aromatic heterocycles. The molecule has 0 radical (unpaired) electrons. The molecule has 23 heavy (non-hydrogen) atoms. The van der Waals surface area contributed by atoms with Crippen molar-refractivity contribution in [3.63, 3.8) is 0 Å². The number of hydrogen-bond acceptors (Lipinski definition) is 2. The smallest absolute Gasteiger partial charge is 0.258 e. The van der Waals surface area contributed by atoms with E-state index in [1.54, 1.807) is 25.1 Å². The summed E-state index contributed by atoms with van der Waals surface area (Å²) >= 11 is 0. The molecule has 0 atom stereocenters. The van der Waals surface area contributed by atoms with E-state index in [2.05, 4.69) is 6.07 Å². The number of carbonyl (C=O) groups excluding carboxylic acids is 1. The molecule has 3 nitrogen and oxygen atoms in total. The van der Waals surface area contributed by atoms with E-state index in [-0.39, 0.29) is 5.91 Å². The van der Waals surface area contributed by atoms with Crippen molar-refractivity contribution < 1.29 is 9.53 Å². The first kappa shape index (κ1) is 15.1. The molecule has 0 unspecified atom stereocenters. The first-order valence-electron chi connectivity index (χ1n) is 7.51. The molecule has 116 valence electrons. The van der Waals surface area contributed by atoms with Crippen LogP contribution in [0.25, 0.3) is 10.8 Å². The monoisotopic (exact) mass is 305 g/mol. The fourth-order valence-electron chi connectivity index (χ4n) is 2.65. The summed E-state index contributed by atoms with van der Waals surface area (Å²) in [6, 6.07) is 19.7. The van der Waals surface area contributed by atoms with Crippen molar-refractivity contribution in [1.29, 1.82) is 0 Å². The fourth-order valence-corrected chi connectivity index (χ4v) is 2.65. The average molecular weight is 305 g/mol. The summed E-state index contributed by atoms with van der Waals surface area (Å²) in [5.74, 6) is 0.668. The number of anilines is 1. The lowest BCUT2D eigenvalue weighted by atomic mass is 10.1. The standard InChI is InChI=1S/C20H19NO2/c1-14-8-9-17(13-19(14)23-3)20(22)21(2)18-11-10-15-6-4-5-7-16(15)12-18/h4-13H,1-3H3. The number of nitrogens with zero attached hydrogens (tertiary/aromatic N) is 1. The Labute approximate surface area is 136 Å². The Morgan fingerprint density at radius 2 is 1.70 bits per heavy atom. The highest BCUT2D eigenvalue weighted by Crippen LogP contribution is 2.24. The van der Waals surface area contributed by atoms with Crippen LogP contribution in [0, 0.1) is 6.92 Å². The minimum absolute atomic E-state index is 0.0569.